The van der Waals surface area contributed by atoms with Gasteiger partial charge < -0.3 is 20.3 Å². The third kappa shape index (κ3) is 3.32. The Hall–Kier alpha value is -1.10. The molecule has 0 aliphatic heterocycles. The summed E-state index contributed by atoms with van der Waals surface area (Å²) in [6.45, 7) is 1.87. The minimum Gasteiger partial charge on any atom is -0.497 e. The minimum atomic E-state index is -0.604. The molecule has 0 saturated heterocycles. The predicted octanol–water partition coefficient (Wildman–Crippen LogP) is 1.87. The molecule has 1 fully saturated rings. The van der Waals surface area contributed by atoms with Crippen LogP contribution in [0.4, 0.5) is 0 Å². The van der Waals surface area contributed by atoms with Gasteiger partial charge in [0, 0.05) is 6.04 Å². The molecule has 20 heavy (non-hydrogen) atoms. The van der Waals surface area contributed by atoms with E-state index in [0.29, 0.717) is 12.3 Å². The van der Waals surface area contributed by atoms with Gasteiger partial charge in [-0.1, -0.05) is 19.1 Å². The number of aliphatic hydroxyl groups is 2. The molecular formula is C16H25NO3. The smallest absolute Gasteiger partial charge is 0.118 e. The molecule has 1 aromatic carbocycles. The second-order valence-corrected chi connectivity index (χ2v) is 5.68. The SMILES string of the molecule is CCC(CO)(CO)NC(c1ccc(OC)cc1)C1CC1. The van der Waals surface area contributed by atoms with Crippen LogP contribution in [0.3, 0.4) is 0 Å². The maximum absolute atomic E-state index is 9.61. The van der Waals surface area contributed by atoms with Crippen LogP contribution in [0.15, 0.2) is 24.3 Å². The van der Waals surface area contributed by atoms with Gasteiger partial charge in [0.1, 0.15) is 5.75 Å². The Bertz CT molecular complexity index is 402. The van der Waals surface area contributed by atoms with Crippen molar-refractivity contribution in [2.45, 2.75) is 37.8 Å². The monoisotopic (exact) mass is 279 g/mol. The Morgan fingerprint density at radius 1 is 1.25 bits per heavy atom. The Kier molecular flexibility index (Phi) is 5.02. The van der Waals surface area contributed by atoms with Crippen LogP contribution in [0, 0.1) is 5.92 Å². The Balaban J connectivity index is 2.18. The van der Waals surface area contributed by atoms with Crippen LogP contribution in [0.5, 0.6) is 5.75 Å². The van der Waals surface area contributed by atoms with E-state index in [1.807, 2.05) is 19.1 Å². The lowest BCUT2D eigenvalue weighted by Gasteiger charge is -2.35. The molecule has 1 aliphatic rings. The normalized spacial score (nSPS) is 17.0. The molecule has 0 aromatic heterocycles. The molecule has 0 bridgehead atoms. The van der Waals surface area contributed by atoms with Gasteiger partial charge in [-0.25, -0.2) is 0 Å². The van der Waals surface area contributed by atoms with Gasteiger partial charge in [-0.3, -0.25) is 0 Å². The maximum Gasteiger partial charge on any atom is 0.118 e. The lowest BCUT2D eigenvalue weighted by Crippen LogP contribution is -2.53. The number of hydrogen-bond donors (Lipinski definition) is 3. The van der Waals surface area contributed by atoms with Crippen LogP contribution >= 0.6 is 0 Å². The fraction of sp³-hybridized carbons (Fsp3) is 0.625. The average molecular weight is 279 g/mol. The average Bonchev–Trinajstić information content (AvgIpc) is 3.34. The molecule has 4 nitrogen and oxygen atoms in total. The van der Waals surface area contributed by atoms with Crippen molar-refractivity contribution in [1.82, 2.24) is 5.32 Å². The number of benzene rings is 1. The summed E-state index contributed by atoms with van der Waals surface area (Å²) in [5.74, 6) is 1.43. The molecule has 0 amide bonds. The van der Waals surface area contributed by atoms with Crippen molar-refractivity contribution >= 4 is 0 Å². The van der Waals surface area contributed by atoms with Crippen LogP contribution in [0.1, 0.15) is 37.8 Å². The number of rotatable bonds is 8. The van der Waals surface area contributed by atoms with Gasteiger partial charge in [0.2, 0.25) is 0 Å². The molecule has 1 aliphatic carbocycles. The summed E-state index contributed by atoms with van der Waals surface area (Å²) in [6.07, 6.45) is 3.08. The number of nitrogens with one attached hydrogen (secondary N) is 1. The second-order valence-electron chi connectivity index (χ2n) is 5.68. The van der Waals surface area contributed by atoms with E-state index in [2.05, 4.69) is 17.4 Å². The molecule has 0 radical (unpaired) electrons. The highest BCUT2D eigenvalue weighted by atomic mass is 16.5. The standard InChI is InChI=1S/C16H25NO3/c1-3-16(10-18,11-19)17-15(12-4-5-12)13-6-8-14(20-2)9-7-13/h6-9,12,15,17-19H,3-5,10-11H2,1-2H3. The van der Waals surface area contributed by atoms with Crippen molar-refractivity contribution in [3.63, 3.8) is 0 Å². The van der Waals surface area contributed by atoms with Gasteiger partial charge in [-0.15, -0.1) is 0 Å². The molecule has 2 rings (SSSR count). The summed E-state index contributed by atoms with van der Waals surface area (Å²) in [5, 5.41) is 22.7. The zero-order valence-corrected chi connectivity index (χ0v) is 12.3. The zero-order valence-electron chi connectivity index (χ0n) is 12.3. The number of methoxy groups -OCH3 is 1. The fourth-order valence-corrected chi connectivity index (χ4v) is 2.51. The molecule has 1 unspecified atom stereocenters. The fourth-order valence-electron chi connectivity index (χ4n) is 2.51. The lowest BCUT2D eigenvalue weighted by molar-refractivity contribution is 0.0746. The Morgan fingerprint density at radius 3 is 2.25 bits per heavy atom. The molecule has 4 heteroatoms. The molecule has 1 atom stereocenters. The third-order valence-corrected chi connectivity index (χ3v) is 4.31. The highest BCUT2D eigenvalue weighted by Crippen LogP contribution is 2.42. The number of aliphatic hydroxyl groups excluding tert-OH is 2. The van der Waals surface area contributed by atoms with Gasteiger partial charge in [-0.05, 0) is 42.9 Å². The van der Waals surface area contributed by atoms with E-state index in [1.54, 1.807) is 7.11 Å². The molecule has 1 aromatic rings. The minimum absolute atomic E-state index is 0.0562. The summed E-state index contributed by atoms with van der Waals surface area (Å²) in [6, 6.07) is 8.21. The van der Waals surface area contributed by atoms with Gasteiger partial charge in [0.15, 0.2) is 0 Å². The van der Waals surface area contributed by atoms with E-state index in [1.165, 1.54) is 18.4 Å². The van der Waals surface area contributed by atoms with Crippen LogP contribution in [0.25, 0.3) is 0 Å². The van der Waals surface area contributed by atoms with Crippen molar-refractivity contribution in [3.8, 4) is 5.75 Å². The van der Waals surface area contributed by atoms with E-state index in [9.17, 15) is 10.2 Å². The van der Waals surface area contributed by atoms with Crippen LogP contribution in [-0.4, -0.2) is 36.1 Å². The maximum atomic E-state index is 9.61. The highest BCUT2D eigenvalue weighted by molar-refractivity contribution is 5.30. The van der Waals surface area contributed by atoms with E-state index in [-0.39, 0.29) is 19.3 Å². The van der Waals surface area contributed by atoms with Crippen LogP contribution in [0.2, 0.25) is 0 Å². The molecule has 3 N–H and O–H groups in total. The van der Waals surface area contributed by atoms with E-state index < -0.39 is 5.54 Å². The van der Waals surface area contributed by atoms with E-state index in [0.717, 1.165) is 5.75 Å². The Morgan fingerprint density at radius 2 is 1.85 bits per heavy atom. The molecule has 112 valence electrons. The first-order chi connectivity index (χ1) is 9.68. The van der Waals surface area contributed by atoms with Crippen molar-refractivity contribution in [3.05, 3.63) is 29.8 Å². The van der Waals surface area contributed by atoms with E-state index in [4.69, 9.17) is 4.74 Å². The molecule has 0 spiro atoms. The zero-order chi connectivity index (χ0) is 14.6. The van der Waals surface area contributed by atoms with Gasteiger partial charge >= 0.3 is 0 Å². The van der Waals surface area contributed by atoms with Crippen molar-refractivity contribution in [2.75, 3.05) is 20.3 Å². The molecule has 0 heterocycles. The lowest BCUT2D eigenvalue weighted by atomic mass is 9.93. The van der Waals surface area contributed by atoms with Crippen LogP contribution < -0.4 is 10.1 Å². The van der Waals surface area contributed by atoms with Crippen molar-refractivity contribution in [2.24, 2.45) is 5.92 Å². The summed E-state index contributed by atoms with van der Waals surface area (Å²) < 4.78 is 5.19. The predicted molar refractivity (Wildman–Crippen MR) is 78.8 cm³/mol. The van der Waals surface area contributed by atoms with Crippen molar-refractivity contribution < 1.29 is 14.9 Å². The second kappa shape index (κ2) is 6.57. The largest absolute Gasteiger partial charge is 0.497 e. The van der Waals surface area contributed by atoms with E-state index >= 15 is 0 Å². The van der Waals surface area contributed by atoms with Gasteiger partial charge in [-0.2, -0.15) is 0 Å². The summed E-state index contributed by atoms with van der Waals surface area (Å²) in [7, 11) is 1.66. The third-order valence-electron chi connectivity index (χ3n) is 4.31. The quantitative estimate of drug-likeness (QED) is 0.680. The van der Waals surface area contributed by atoms with Crippen LogP contribution in [-0.2, 0) is 0 Å². The number of ether oxygens (including phenoxy) is 1. The summed E-state index contributed by atoms with van der Waals surface area (Å²) in [5.41, 5.74) is 0.584. The first-order valence-corrected chi connectivity index (χ1v) is 7.31. The first-order valence-electron chi connectivity index (χ1n) is 7.31. The number of hydrogen-bond acceptors (Lipinski definition) is 4. The summed E-state index contributed by atoms with van der Waals surface area (Å²) >= 11 is 0. The molecular weight excluding hydrogens is 254 g/mol. The Labute approximate surface area is 120 Å². The topological polar surface area (TPSA) is 61.7 Å². The van der Waals surface area contributed by atoms with Gasteiger partial charge in [0.25, 0.3) is 0 Å². The van der Waals surface area contributed by atoms with Gasteiger partial charge in [0.05, 0.1) is 25.9 Å². The molecule has 1 saturated carbocycles. The highest BCUT2D eigenvalue weighted by Gasteiger charge is 2.38. The summed E-state index contributed by atoms with van der Waals surface area (Å²) in [4.78, 5) is 0. The first kappa shape index (κ1) is 15.3. The van der Waals surface area contributed by atoms with Crippen molar-refractivity contribution in [1.29, 1.82) is 0 Å².